The lowest BCUT2D eigenvalue weighted by Crippen LogP contribution is -2.26. The van der Waals surface area contributed by atoms with Crippen LogP contribution in [0.2, 0.25) is 0 Å². The van der Waals surface area contributed by atoms with Crippen LogP contribution in [0.25, 0.3) is 5.69 Å². The second kappa shape index (κ2) is 9.27. The number of hydrogen-bond acceptors (Lipinski definition) is 7. The van der Waals surface area contributed by atoms with Gasteiger partial charge >= 0.3 is 16.1 Å². The van der Waals surface area contributed by atoms with Crippen molar-refractivity contribution in [1.82, 2.24) is 9.78 Å². The van der Waals surface area contributed by atoms with E-state index in [4.69, 9.17) is 8.92 Å². The van der Waals surface area contributed by atoms with E-state index in [1.807, 2.05) is 22.6 Å². The molecule has 0 atom stereocenters. The van der Waals surface area contributed by atoms with E-state index in [2.05, 4.69) is 21.0 Å². The molecule has 8 nitrogen and oxygen atoms in total. The molecule has 11 heteroatoms. The molecule has 156 valence electrons. The normalized spacial score (nSPS) is 11.2. The van der Waals surface area contributed by atoms with E-state index in [-0.39, 0.29) is 11.5 Å². The molecule has 0 saturated carbocycles. The molecule has 1 aromatic heterocycles. The maximum Gasteiger partial charge on any atom is 0.362 e. The summed E-state index contributed by atoms with van der Waals surface area (Å²) in [6, 6.07) is 13.5. The van der Waals surface area contributed by atoms with Crippen molar-refractivity contribution < 1.29 is 22.1 Å². The van der Waals surface area contributed by atoms with Gasteiger partial charge < -0.3 is 8.92 Å². The number of aromatic nitrogens is 2. The minimum Gasteiger partial charge on any atom is -0.461 e. The Morgan fingerprint density at radius 2 is 1.87 bits per heavy atom. The molecule has 1 heterocycles. The highest BCUT2D eigenvalue weighted by Gasteiger charge is 2.25. The molecule has 0 N–H and O–H groups in total. The Balaban J connectivity index is 2.11. The first-order valence-corrected chi connectivity index (χ1v) is 11.8. The zero-order chi connectivity index (χ0) is 21.9. The molecule has 0 spiro atoms. The van der Waals surface area contributed by atoms with Crippen molar-refractivity contribution in [3.63, 3.8) is 0 Å². The van der Waals surface area contributed by atoms with Crippen LogP contribution in [0.5, 0.6) is 5.75 Å². The zero-order valence-electron chi connectivity index (χ0n) is 15.4. The molecular weight excluding hydrogens is 591 g/mol. The van der Waals surface area contributed by atoms with Gasteiger partial charge in [-0.25, -0.2) is 4.79 Å². The van der Waals surface area contributed by atoms with Crippen LogP contribution in [-0.4, -0.2) is 30.8 Å². The molecule has 3 rings (SSSR count). The highest BCUT2D eigenvalue weighted by Crippen LogP contribution is 2.23. The standard InChI is InChI=1S/C19H14BrIN2O6S/c1-2-28-19(25)18-16(29-30(26,27)15-8-6-13(21)7-9-15)11-17(24)23(22-18)14-5-3-4-12(20)10-14/h3-11H,2H2,1H3. The van der Waals surface area contributed by atoms with E-state index in [9.17, 15) is 18.0 Å². The first-order chi connectivity index (χ1) is 14.2. The largest absolute Gasteiger partial charge is 0.461 e. The molecule has 0 radical (unpaired) electrons. The fraction of sp³-hybridized carbons (Fsp3) is 0.105. The third-order valence-electron chi connectivity index (χ3n) is 3.72. The number of rotatable bonds is 6. The van der Waals surface area contributed by atoms with Gasteiger partial charge in [-0.05, 0) is 72.0 Å². The molecule has 0 saturated heterocycles. The predicted molar refractivity (Wildman–Crippen MR) is 120 cm³/mol. The van der Waals surface area contributed by atoms with Crippen LogP contribution in [-0.2, 0) is 14.9 Å². The molecule has 0 aliphatic heterocycles. The van der Waals surface area contributed by atoms with E-state index >= 15 is 0 Å². The maximum atomic E-state index is 12.6. The number of ether oxygens (including phenoxy) is 1. The van der Waals surface area contributed by atoms with Crippen LogP contribution in [0.1, 0.15) is 17.4 Å². The smallest absolute Gasteiger partial charge is 0.362 e. The van der Waals surface area contributed by atoms with Crippen LogP contribution in [0.15, 0.2) is 68.8 Å². The number of carbonyl (C=O) groups is 1. The van der Waals surface area contributed by atoms with Gasteiger partial charge in [-0.15, -0.1) is 0 Å². The third-order valence-corrected chi connectivity index (χ3v) is 6.18. The van der Waals surface area contributed by atoms with Crippen molar-refractivity contribution in [3.05, 3.63) is 78.7 Å². The number of carbonyl (C=O) groups excluding carboxylic acids is 1. The lowest BCUT2D eigenvalue weighted by molar-refractivity contribution is 0.0515. The van der Waals surface area contributed by atoms with Crippen molar-refractivity contribution in [3.8, 4) is 11.4 Å². The molecule has 0 bridgehead atoms. The Kier molecular flexibility index (Phi) is 6.93. The van der Waals surface area contributed by atoms with Crippen molar-refractivity contribution >= 4 is 54.6 Å². The van der Waals surface area contributed by atoms with Gasteiger partial charge in [0.05, 0.1) is 18.4 Å². The summed E-state index contributed by atoms with van der Waals surface area (Å²) in [6.45, 7) is 1.62. The number of hydrogen-bond donors (Lipinski definition) is 0. The SMILES string of the molecule is CCOC(=O)c1nn(-c2cccc(Br)c2)c(=O)cc1OS(=O)(=O)c1ccc(I)cc1. The zero-order valence-corrected chi connectivity index (χ0v) is 20.0. The maximum absolute atomic E-state index is 12.6. The van der Waals surface area contributed by atoms with Gasteiger partial charge in [0.2, 0.25) is 5.69 Å². The fourth-order valence-electron chi connectivity index (χ4n) is 2.41. The van der Waals surface area contributed by atoms with E-state index in [0.717, 1.165) is 14.3 Å². The van der Waals surface area contributed by atoms with Crippen LogP contribution in [0.3, 0.4) is 0 Å². The topological polar surface area (TPSA) is 105 Å². The van der Waals surface area contributed by atoms with Gasteiger partial charge in [-0.3, -0.25) is 4.79 Å². The van der Waals surface area contributed by atoms with Gasteiger partial charge in [0.1, 0.15) is 4.90 Å². The molecule has 3 aromatic rings. The first-order valence-electron chi connectivity index (χ1n) is 8.49. The average Bonchev–Trinajstić information content (AvgIpc) is 2.68. The molecule has 0 aliphatic rings. The van der Waals surface area contributed by atoms with Crippen LogP contribution >= 0.6 is 38.5 Å². The molecule has 30 heavy (non-hydrogen) atoms. The highest BCUT2D eigenvalue weighted by molar-refractivity contribution is 14.1. The Hall–Kier alpha value is -2.25. The lowest BCUT2D eigenvalue weighted by Gasteiger charge is -2.12. The van der Waals surface area contributed by atoms with E-state index < -0.39 is 33.1 Å². The summed E-state index contributed by atoms with van der Waals surface area (Å²) in [4.78, 5) is 24.9. The second-order valence-electron chi connectivity index (χ2n) is 5.80. The lowest BCUT2D eigenvalue weighted by atomic mass is 10.3. The number of esters is 1. The average molecular weight is 605 g/mol. The van der Waals surface area contributed by atoms with Gasteiger partial charge in [0, 0.05) is 8.04 Å². The van der Waals surface area contributed by atoms with Crippen molar-refractivity contribution in [2.75, 3.05) is 6.61 Å². The summed E-state index contributed by atoms with van der Waals surface area (Å²) in [7, 11) is -4.31. The van der Waals surface area contributed by atoms with Crippen LogP contribution < -0.4 is 9.74 Å². The molecular formula is C19H14BrIN2O6S. The van der Waals surface area contributed by atoms with Gasteiger partial charge in [0.25, 0.3) is 5.56 Å². The van der Waals surface area contributed by atoms with Gasteiger partial charge in [-0.2, -0.15) is 18.2 Å². The third kappa shape index (κ3) is 5.08. The molecule has 0 fully saturated rings. The van der Waals surface area contributed by atoms with Gasteiger partial charge in [-0.1, -0.05) is 22.0 Å². The predicted octanol–water partition coefficient (Wildman–Crippen LogP) is 3.54. The fourth-order valence-corrected chi connectivity index (χ4v) is 4.08. The van der Waals surface area contributed by atoms with E-state index in [1.54, 1.807) is 43.3 Å². The van der Waals surface area contributed by atoms with Crippen molar-refractivity contribution in [1.29, 1.82) is 0 Å². The highest BCUT2D eigenvalue weighted by atomic mass is 127. The van der Waals surface area contributed by atoms with Crippen LogP contribution in [0, 0.1) is 3.57 Å². The Bertz CT molecular complexity index is 1260. The van der Waals surface area contributed by atoms with Crippen molar-refractivity contribution in [2.24, 2.45) is 0 Å². The Labute approximate surface area is 194 Å². The second-order valence-corrected chi connectivity index (χ2v) is 9.51. The quantitative estimate of drug-likeness (QED) is 0.241. The molecule has 2 aromatic carbocycles. The Morgan fingerprint density at radius 3 is 2.50 bits per heavy atom. The monoisotopic (exact) mass is 604 g/mol. The summed E-state index contributed by atoms with van der Waals surface area (Å²) < 4.78 is 37.8. The summed E-state index contributed by atoms with van der Waals surface area (Å²) in [6.07, 6.45) is 0. The number of benzene rings is 2. The van der Waals surface area contributed by atoms with Crippen molar-refractivity contribution in [2.45, 2.75) is 11.8 Å². The summed E-state index contributed by atoms with van der Waals surface area (Å²) in [5.41, 5.74) is -0.758. The minimum atomic E-state index is -4.31. The summed E-state index contributed by atoms with van der Waals surface area (Å²) >= 11 is 5.33. The van der Waals surface area contributed by atoms with Crippen LogP contribution in [0.4, 0.5) is 0 Å². The molecule has 0 amide bonds. The first kappa shape index (κ1) is 22.4. The Morgan fingerprint density at radius 1 is 1.17 bits per heavy atom. The summed E-state index contributed by atoms with van der Waals surface area (Å²) in [5.74, 6) is -1.43. The molecule has 0 aliphatic carbocycles. The van der Waals surface area contributed by atoms with E-state index in [0.29, 0.717) is 10.2 Å². The minimum absolute atomic E-state index is 0.0276. The van der Waals surface area contributed by atoms with E-state index in [1.165, 1.54) is 12.1 Å². The summed E-state index contributed by atoms with van der Waals surface area (Å²) in [5, 5.41) is 4.01. The number of halogens is 2. The number of nitrogens with zero attached hydrogens (tertiary/aromatic N) is 2. The molecule has 0 unspecified atom stereocenters. The van der Waals surface area contributed by atoms with Gasteiger partial charge in [0.15, 0.2) is 5.75 Å².